The van der Waals surface area contributed by atoms with E-state index in [1.54, 1.807) is 29.6 Å². The minimum atomic E-state index is -0.711. The number of aromatic nitrogens is 1. The minimum Gasteiger partial charge on any atom is -0.269 e. The molecule has 0 fully saturated rings. The van der Waals surface area contributed by atoms with E-state index in [-0.39, 0.29) is 23.9 Å². The van der Waals surface area contributed by atoms with Gasteiger partial charge in [0, 0.05) is 17.0 Å². The topological polar surface area (TPSA) is 50.3 Å². The quantitative estimate of drug-likeness (QED) is 0.669. The second-order valence-electron chi connectivity index (χ2n) is 5.49. The Hall–Kier alpha value is -2.93. The number of nitrogens with zero attached hydrogens (tertiary/aromatic N) is 2. The second-order valence-corrected chi connectivity index (χ2v) is 6.44. The Bertz CT molecular complexity index is 981. The summed E-state index contributed by atoms with van der Waals surface area (Å²) in [6.45, 7) is 0.0137. The van der Waals surface area contributed by atoms with Gasteiger partial charge in [0.05, 0.1) is 23.4 Å². The molecule has 0 bridgehead atoms. The Morgan fingerprint density at radius 1 is 0.960 bits per heavy atom. The first-order chi connectivity index (χ1) is 12.0. The number of rotatable bonds is 3. The lowest BCUT2D eigenvalue weighted by molar-refractivity contribution is 0.0642. The van der Waals surface area contributed by atoms with E-state index in [2.05, 4.69) is 4.98 Å². The van der Waals surface area contributed by atoms with Crippen LogP contribution in [0.3, 0.4) is 0 Å². The van der Waals surface area contributed by atoms with Crippen molar-refractivity contribution in [3.05, 3.63) is 75.6 Å². The number of carbonyl (C=O) groups is 2. The number of halogens is 2. The van der Waals surface area contributed by atoms with Gasteiger partial charge in [-0.3, -0.25) is 14.5 Å². The largest absolute Gasteiger partial charge is 0.269 e. The van der Waals surface area contributed by atoms with Crippen LogP contribution in [0.15, 0.2) is 47.8 Å². The normalized spacial score (nSPS) is 13.4. The number of hydrogen-bond acceptors (Lipinski definition) is 4. The number of carbonyl (C=O) groups excluding carboxylic acids is 2. The fraction of sp³-hybridized carbons (Fsp3) is 0.0556. The average molecular weight is 356 g/mol. The van der Waals surface area contributed by atoms with E-state index in [9.17, 15) is 18.4 Å². The maximum absolute atomic E-state index is 13.9. The Balaban J connectivity index is 1.60. The van der Waals surface area contributed by atoms with Gasteiger partial charge >= 0.3 is 0 Å². The first-order valence-corrected chi connectivity index (χ1v) is 8.27. The van der Waals surface area contributed by atoms with E-state index in [1.165, 1.54) is 17.4 Å². The maximum atomic E-state index is 13.9. The molecular weight excluding hydrogens is 346 g/mol. The van der Waals surface area contributed by atoms with Crippen molar-refractivity contribution in [2.24, 2.45) is 0 Å². The van der Waals surface area contributed by atoms with Crippen LogP contribution in [0.2, 0.25) is 0 Å². The molecule has 0 aliphatic carbocycles. The molecule has 2 heterocycles. The van der Waals surface area contributed by atoms with Crippen molar-refractivity contribution in [2.45, 2.75) is 6.54 Å². The molecule has 0 atom stereocenters. The highest BCUT2D eigenvalue weighted by atomic mass is 32.1. The number of hydrogen-bond donors (Lipinski definition) is 0. The van der Waals surface area contributed by atoms with Crippen LogP contribution in [-0.4, -0.2) is 21.7 Å². The van der Waals surface area contributed by atoms with Crippen LogP contribution in [0.4, 0.5) is 8.78 Å². The van der Waals surface area contributed by atoms with Crippen molar-refractivity contribution in [2.75, 3.05) is 0 Å². The summed E-state index contributed by atoms with van der Waals surface area (Å²) < 4.78 is 26.9. The minimum absolute atomic E-state index is 0.0137. The molecule has 0 saturated carbocycles. The molecule has 1 aliphatic rings. The highest BCUT2D eigenvalue weighted by Crippen LogP contribution is 2.28. The molecule has 1 aromatic heterocycles. The van der Waals surface area contributed by atoms with E-state index >= 15 is 0 Å². The zero-order valence-electron chi connectivity index (χ0n) is 12.7. The molecule has 4 rings (SSSR count). The van der Waals surface area contributed by atoms with Gasteiger partial charge in [-0.1, -0.05) is 12.1 Å². The summed E-state index contributed by atoms with van der Waals surface area (Å²) >= 11 is 1.21. The van der Waals surface area contributed by atoms with E-state index in [1.807, 2.05) is 0 Å². The first-order valence-electron chi connectivity index (χ1n) is 7.39. The van der Waals surface area contributed by atoms with Gasteiger partial charge in [-0.05, 0) is 24.3 Å². The van der Waals surface area contributed by atoms with E-state index in [0.29, 0.717) is 21.8 Å². The third-order valence-corrected chi connectivity index (χ3v) is 4.76. The van der Waals surface area contributed by atoms with E-state index in [0.717, 1.165) is 17.0 Å². The van der Waals surface area contributed by atoms with Crippen LogP contribution in [-0.2, 0) is 6.54 Å². The molecule has 0 saturated heterocycles. The van der Waals surface area contributed by atoms with Crippen molar-refractivity contribution >= 4 is 23.2 Å². The zero-order valence-corrected chi connectivity index (χ0v) is 13.5. The molecular formula is C18H10F2N2O2S. The van der Waals surface area contributed by atoms with Crippen LogP contribution in [0.1, 0.15) is 25.7 Å². The van der Waals surface area contributed by atoms with Gasteiger partial charge in [0.1, 0.15) is 16.6 Å². The highest BCUT2D eigenvalue weighted by molar-refractivity contribution is 7.09. The van der Waals surface area contributed by atoms with Gasteiger partial charge in [-0.25, -0.2) is 13.8 Å². The monoisotopic (exact) mass is 356 g/mol. The van der Waals surface area contributed by atoms with Gasteiger partial charge in [-0.15, -0.1) is 11.3 Å². The number of imide groups is 1. The fourth-order valence-electron chi connectivity index (χ4n) is 2.72. The number of thiazole rings is 1. The maximum Gasteiger partial charge on any atom is 0.261 e. The van der Waals surface area contributed by atoms with Crippen molar-refractivity contribution in [1.82, 2.24) is 9.88 Å². The molecule has 0 spiro atoms. The molecule has 25 heavy (non-hydrogen) atoms. The van der Waals surface area contributed by atoms with Crippen LogP contribution < -0.4 is 0 Å². The lowest BCUT2D eigenvalue weighted by Crippen LogP contribution is -2.29. The Morgan fingerprint density at radius 3 is 2.28 bits per heavy atom. The Morgan fingerprint density at radius 2 is 1.64 bits per heavy atom. The van der Waals surface area contributed by atoms with Crippen LogP contribution in [0.25, 0.3) is 11.3 Å². The second kappa shape index (κ2) is 5.86. The zero-order chi connectivity index (χ0) is 17.6. The van der Waals surface area contributed by atoms with Crippen molar-refractivity contribution in [3.8, 4) is 11.3 Å². The Kier molecular flexibility index (Phi) is 3.65. The van der Waals surface area contributed by atoms with Crippen LogP contribution in [0, 0.1) is 11.6 Å². The molecule has 0 radical (unpaired) electrons. The SMILES string of the molecule is O=C1c2ccccc2C(=O)N1Cc1nc(-c2ccc(F)cc2F)cs1. The number of benzene rings is 2. The van der Waals surface area contributed by atoms with Gasteiger partial charge in [-0.2, -0.15) is 0 Å². The molecule has 2 aromatic carbocycles. The smallest absolute Gasteiger partial charge is 0.261 e. The molecule has 124 valence electrons. The lowest BCUT2D eigenvalue weighted by Gasteiger charge is -2.11. The van der Waals surface area contributed by atoms with Gasteiger partial charge in [0.25, 0.3) is 11.8 Å². The predicted molar refractivity (Wildman–Crippen MR) is 88.1 cm³/mol. The van der Waals surface area contributed by atoms with Crippen LogP contribution >= 0.6 is 11.3 Å². The van der Waals surface area contributed by atoms with Gasteiger partial charge < -0.3 is 0 Å². The Labute approximate surface area is 145 Å². The molecule has 0 N–H and O–H groups in total. The van der Waals surface area contributed by atoms with Gasteiger partial charge in [0.15, 0.2) is 0 Å². The van der Waals surface area contributed by atoms with E-state index < -0.39 is 11.6 Å². The summed E-state index contributed by atoms with van der Waals surface area (Å²) in [6, 6.07) is 9.87. The summed E-state index contributed by atoms with van der Waals surface area (Å²) in [7, 11) is 0. The standard InChI is InChI=1S/C18H10F2N2O2S/c19-10-5-6-13(14(20)7-10)15-9-25-16(21-15)8-22-17(23)11-3-1-2-4-12(11)18(22)24/h1-7,9H,8H2. The summed E-state index contributed by atoms with van der Waals surface area (Å²) in [5.74, 6) is -2.11. The summed E-state index contributed by atoms with van der Waals surface area (Å²) in [4.78, 5) is 30.1. The fourth-order valence-corrected chi connectivity index (χ4v) is 3.50. The molecule has 1 aliphatic heterocycles. The molecule has 7 heteroatoms. The molecule has 2 amide bonds. The van der Waals surface area contributed by atoms with Crippen molar-refractivity contribution in [1.29, 1.82) is 0 Å². The average Bonchev–Trinajstić information content (AvgIpc) is 3.15. The summed E-state index contributed by atoms with van der Waals surface area (Å²) in [5, 5.41) is 2.11. The van der Waals surface area contributed by atoms with E-state index in [4.69, 9.17) is 0 Å². The molecule has 4 nitrogen and oxygen atoms in total. The number of amides is 2. The third-order valence-electron chi connectivity index (χ3n) is 3.93. The van der Waals surface area contributed by atoms with Gasteiger partial charge in [0.2, 0.25) is 0 Å². The predicted octanol–water partition coefficient (Wildman–Crippen LogP) is 3.88. The first kappa shape index (κ1) is 15.6. The summed E-state index contributed by atoms with van der Waals surface area (Å²) in [5.41, 5.74) is 1.25. The van der Waals surface area contributed by atoms with Crippen molar-refractivity contribution in [3.63, 3.8) is 0 Å². The summed E-state index contributed by atoms with van der Waals surface area (Å²) in [6.07, 6.45) is 0. The number of fused-ring (bicyclic) bond motifs is 1. The lowest BCUT2D eigenvalue weighted by atomic mass is 10.1. The molecule has 3 aromatic rings. The highest BCUT2D eigenvalue weighted by Gasteiger charge is 2.35. The third kappa shape index (κ3) is 2.62. The van der Waals surface area contributed by atoms with Crippen LogP contribution in [0.5, 0.6) is 0 Å². The molecule has 0 unspecified atom stereocenters. The van der Waals surface area contributed by atoms with Crippen molar-refractivity contribution < 1.29 is 18.4 Å².